The van der Waals surface area contributed by atoms with E-state index in [0.717, 1.165) is 0 Å². The Hall–Kier alpha value is -3.86. The van der Waals surface area contributed by atoms with E-state index in [2.05, 4.69) is 0 Å². The average Bonchev–Trinajstić information content (AvgIpc) is 3.07. The molecule has 122 valence electrons. The van der Waals surface area contributed by atoms with Crippen LogP contribution in [0.4, 0.5) is 5.69 Å². The molecule has 0 saturated heterocycles. The molecule has 0 spiro atoms. The lowest BCUT2D eigenvalue weighted by Gasteiger charge is -2.12. The maximum Gasteiger partial charge on any atom is 0.273 e. The fourth-order valence-corrected chi connectivity index (χ4v) is 2.76. The number of nitrogens with zero attached hydrogens (tertiary/aromatic N) is 3. The maximum absolute atomic E-state index is 12.7. The first kappa shape index (κ1) is 14.7. The Kier molecular flexibility index (Phi) is 3.15. The van der Waals surface area contributed by atoms with Crippen LogP contribution in [0.5, 0.6) is 11.5 Å². The topological polar surface area (TPSA) is 107 Å². The third-order valence-electron chi connectivity index (χ3n) is 3.94. The van der Waals surface area contributed by atoms with Crippen molar-refractivity contribution >= 4 is 16.6 Å². The Labute approximate surface area is 140 Å². The van der Waals surface area contributed by atoms with Crippen molar-refractivity contribution in [3.63, 3.8) is 0 Å². The predicted molar refractivity (Wildman–Crippen MR) is 87.0 cm³/mol. The number of aromatic nitrogens is 1. The van der Waals surface area contributed by atoms with E-state index >= 15 is 0 Å². The number of fused-ring (bicyclic) bond motifs is 2. The summed E-state index contributed by atoms with van der Waals surface area (Å²) in [6, 6.07) is 12.3. The summed E-state index contributed by atoms with van der Waals surface area (Å²) in [5.74, 6) is 1.03. The summed E-state index contributed by atoms with van der Waals surface area (Å²) in [6.07, 6.45) is 0. The number of nitriles is 1. The van der Waals surface area contributed by atoms with Gasteiger partial charge in [0, 0.05) is 29.3 Å². The van der Waals surface area contributed by atoms with Crippen LogP contribution in [0.3, 0.4) is 0 Å². The summed E-state index contributed by atoms with van der Waals surface area (Å²) >= 11 is 0. The van der Waals surface area contributed by atoms with E-state index in [0.29, 0.717) is 28.1 Å². The van der Waals surface area contributed by atoms with Crippen LogP contribution in [0.15, 0.2) is 47.3 Å². The highest BCUT2D eigenvalue weighted by molar-refractivity contribution is 5.86. The minimum Gasteiger partial charge on any atom is -0.454 e. The molecule has 0 fully saturated rings. The van der Waals surface area contributed by atoms with Crippen LogP contribution in [-0.4, -0.2) is 16.3 Å². The number of benzene rings is 2. The molecule has 0 N–H and O–H groups in total. The molecule has 8 nitrogen and oxygen atoms in total. The molecule has 0 aliphatic carbocycles. The summed E-state index contributed by atoms with van der Waals surface area (Å²) < 4.78 is 12.0. The number of rotatable bonds is 2. The summed E-state index contributed by atoms with van der Waals surface area (Å²) in [4.78, 5) is 23.0. The molecule has 0 atom stereocenters. The Morgan fingerprint density at radius 3 is 2.44 bits per heavy atom. The van der Waals surface area contributed by atoms with Crippen molar-refractivity contribution < 1.29 is 14.4 Å². The third-order valence-corrected chi connectivity index (χ3v) is 3.94. The number of nitro benzene ring substituents is 1. The first-order chi connectivity index (χ1) is 12.1. The zero-order chi connectivity index (χ0) is 17.6. The van der Waals surface area contributed by atoms with Gasteiger partial charge in [-0.05, 0) is 24.3 Å². The Bertz CT molecular complexity index is 1130. The third kappa shape index (κ3) is 2.26. The fourth-order valence-electron chi connectivity index (χ4n) is 2.76. The van der Waals surface area contributed by atoms with Crippen LogP contribution in [0.25, 0.3) is 16.6 Å². The SMILES string of the molecule is N#Cc1cc2cc3c(cc2n(-c2ccc([N+](=O)[O-])cc2)c1=O)OCO3. The second-order valence-corrected chi connectivity index (χ2v) is 5.35. The molecule has 4 rings (SSSR count). The fraction of sp³-hybridized carbons (Fsp3) is 0.0588. The van der Waals surface area contributed by atoms with Gasteiger partial charge < -0.3 is 9.47 Å². The largest absolute Gasteiger partial charge is 0.454 e. The monoisotopic (exact) mass is 335 g/mol. The van der Waals surface area contributed by atoms with Gasteiger partial charge in [-0.25, -0.2) is 0 Å². The molecule has 1 aromatic heterocycles. The van der Waals surface area contributed by atoms with Gasteiger partial charge in [0.05, 0.1) is 10.4 Å². The number of non-ortho nitro benzene ring substituents is 1. The number of nitro groups is 1. The van der Waals surface area contributed by atoms with E-state index in [9.17, 15) is 20.2 Å². The van der Waals surface area contributed by atoms with Gasteiger partial charge in [-0.3, -0.25) is 19.5 Å². The van der Waals surface area contributed by atoms with E-state index < -0.39 is 10.5 Å². The van der Waals surface area contributed by atoms with Crippen molar-refractivity contribution in [3.05, 3.63) is 68.5 Å². The Balaban J connectivity index is 2.04. The summed E-state index contributed by atoms with van der Waals surface area (Å²) in [6.45, 7) is 0.0819. The highest BCUT2D eigenvalue weighted by Gasteiger charge is 2.19. The van der Waals surface area contributed by atoms with Crippen molar-refractivity contribution in [2.45, 2.75) is 0 Å². The van der Waals surface area contributed by atoms with E-state index in [1.54, 1.807) is 12.1 Å². The van der Waals surface area contributed by atoms with Crippen LogP contribution in [-0.2, 0) is 0 Å². The molecule has 25 heavy (non-hydrogen) atoms. The molecule has 1 aliphatic rings. The molecular weight excluding hydrogens is 326 g/mol. The molecule has 0 saturated carbocycles. The quantitative estimate of drug-likeness (QED) is 0.526. The van der Waals surface area contributed by atoms with Crippen LogP contribution in [0, 0.1) is 21.4 Å². The number of ether oxygens (including phenoxy) is 2. The first-order valence-corrected chi connectivity index (χ1v) is 7.23. The van der Waals surface area contributed by atoms with Gasteiger partial charge in [-0.2, -0.15) is 5.26 Å². The van der Waals surface area contributed by atoms with Crippen LogP contribution in [0.1, 0.15) is 5.56 Å². The Morgan fingerprint density at radius 2 is 1.80 bits per heavy atom. The lowest BCUT2D eigenvalue weighted by Crippen LogP contribution is -2.21. The average molecular weight is 335 g/mol. The highest BCUT2D eigenvalue weighted by Crippen LogP contribution is 2.36. The summed E-state index contributed by atoms with van der Waals surface area (Å²) in [5.41, 5.74) is 0.293. The minimum atomic E-state index is -0.519. The molecule has 1 aliphatic heterocycles. The van der Waals surface area contributed by atoms with Gasteiger partial charge in [-0.1, -0.05) is 0 Å². The number of pyridine rings is 1. The molecule has 2 heterocycles. The maximum atomic E-state index is 12.7. The van der Waals surface area contributed by atoms with Crippen LogP contribution < -0.4 is 15.0 Å². The molecule has 3 aromatic rings. The van der Waals surface area contributed by atoms with E-state index in [-0.39, 0.29) is 18.0 Å². The van der Waals surface area contributed by atoms with Crippen molar-refractivity contribution in [2.75, 3.05) is 6.79 Å². The summed E-state index contributed by atoms with van der Waals surface area (Å²) in [5, 5.41) is 20.7. The molecule has 0 unspecified atom stereocenters. The van der Waals surface area contributed by atoms with Gasteiger partial charge in [0.25, 0.3) is 11.2 Å². The first-order valence-electron chi connectivity index (χ1n) is 7.23. The van der Waals surface area contributed by atoms with E-state index in [4.69, 9.17) is 9.47 Å². The standard InChI is InChI=1S/C17H9N3O5/c18-8-11-5-10-6-15-16(25-9-24-15)7-14(10)19(17(11)21)12-1-3-13(4-2-12)20(22)23/h1-7H,9H2. The molecule has 2 aromatic carbocycles. The normalized spacial score (nSPS) is 12.1. The summed E-state index contributed by atoms with van der Waals surface area (Å²) in [7, 11) is 0. The molecule has 0 bridgehead atoms. The van der Waals surface area contributed by atoms with E-state index in [1.807, 2.05) is 6.07 Å². The number of hydrogen-bond acceptors (Lipinski definition) is 6. The molecule has 0 radical (unpaired) electrons. The second-order valence-electron chi connectivity index (χ2n) is 5.35. The molecule has 0 amide bonds. The number of hydrogen-bond donors (Lipinski definition) is 0. The van der Waals surface area contributed by atoms with Gasteiger partial charge >= 0.3 is 0 Å². The zero-order valence-corrected chi connectivity index (χ0v) is 12.6. The van der Waals surface area contributed by atoms with Crippen molar-refractivity contribution in [1.82, 2.24) is 4.57 Å². The predicted octanol–water partition coefficient (Wildman–Crippen LogP) is 2.50. The lowest BCUT2D eigenvalue weighted by atomic mass is 10.1. The molecule has 8 heteroatoms. The van der Waals surface area contributed by atoms with Crippen molar-refractivity contribution in [3.8, 4) is 23.3 Å². The molecular formula is C17H9N3O5. The second kappa shape index (κ2) is 5.35. The van der Waals surface area contributed by atoms with Gasteiger partial charge in [0.2, 0.25) is 6.79 Å². The zero-order valence-electron chi connectivity index (χ0n) is 12.6. The lowest BCUT2D eigenvalue weighted by molar-refractivity contribution is -0.384. The van der Waals surface area contributed by atoms with Crippen LogP contribution in [0.2, 0.25) is 0 Å². The Morgan fingerprint density at radius 1 is 1.12 bits per heavy atom. The van der Waals surface area contributed by atoms with Gasteiger partial charge in [0.15, 0.2) is 11.5 Å². The smallest absolute Gasteiger partial charge is 0.273 e. The minimum absolute atomic E-state index is 0.0373. The van der Waals surface area contributed by atoms with Crippen LogP contribution >= 0.6 is 0 Å². The van der Waals surface area contributed by atoms with Crippen molar-refractivity contribution in [2.24, 2.45) is 0 Å². The highest BCUT2D eigenvalue weighted by atomic mass is 16.7. The van der Waals surface area contributed by atoms with Crippen molar-refractivity contribution in [1.29, 1.82) is 5.26 Å². The van der Waals surface area contributed by atoms with Gasteiger partial charge in [0.1, 0.15) is 11.6 Å². The van der Waals surface area contributed by atoms with E-state index in [1.165, 1.54) is 34.9 Å². The van der Waals surface area contributed by atoms with Gasteiger partial charge in [-0.15, -0.1) is 0 Å².